The van der Waals surface area contributed by atoms with E-state index in [0.717, 1.165) is 18.7 Å². The molecule has 0 unspecified atom stereocenters. The van der Waals surface area contributed by atoms with Crippen LogP contribution in [0.4, 0.5) is 5.69 Å². The van der Waals surface area contributed by atoms with Crippen molar-refractivity contribution in [3.63, 3.8) is 0 Å². The van der Waals surface area contributed by atoms with Crippen LogP contribution >= 0.6 is 0 Å². The number of benzene rings is 1. The molecule has 5 nitrogen and oxygen atoms in total. The monoisotopic (exact) mass is 291 g/mol. The van der Waals surface area contributed by atoms with Crippen LogP contribution in [-0.2, 0) is 14.3 Å². The van der Waals surface area contributed by atoms with Crippen LogP contribution in [0.2, 0.25) is 0 Å². The highest BCUT2D eigenvalue weighted by atomic mass is 16.5. The van der Waals surface area contributed by atoms with Crippen LogP contribution < -0.4 is 9.64 Å². The van der Waals surface area contributed by atoms with Gasteiger partial charge in [-0.05, 0) is 44.5 Å². The number of rotatable bonds is 5. The molecule has 0 radical (unpaired) electrons. The van der Waals surface area contributed by atoms with Crippen LogP contribution in [0, 0.1) is 5.41 Å². The standard InChI is InChI=1S/C16H21NO4/c1-16(2,15(19)20-3)11-21-13-8-6-12(7-9-13)17-10-4-5-14(17)18/h6-9H,4-5,10-11H2,1-3H3. The molecule has 2 rings (SSSR count). The van der Waals surface area contributed by atoms with Crippen LogP contribution in [-0.4, -0.2) is 32.1 Å². The minimum Gasteiger partial charge on any atom is -0.492 e. The molecule has 5 heteroatoms. The summed E-state index contributed by atoms with van der Waals surface area (Å²) >= 11 is 0. The highest BCUT2D eigenvalue weighted by Crippen LogP contribution is 2.25. The lowest BCUT2D eigenvalue weighted by Gasteiger charge is -2.22. The van der Waals surface area contributed by atoms with Gasteiger partial charge < -0.3 is 14.4 Å². The zero-order chi connectivity index (χ0) is 15.5. The SMILES string of the molecule is COC(=O)C(C)(C)COc1ccc(N2CCCC2=O)cc1. The Bertz CT molecular complexity index is 522. The molecule has 0 saturated carbocycles. The van der Waals surface area contributed by atoms with Gasteiger partial charge in [0.2, 0.25) is 5.91 Å². The average molecular weight is 291 g/mol. The molecular weight excluding hydrogens is 270 g/mol. The average Bonchev–Trinajstić information content (AvgIpc) is 2.91. The molecule has 1 aliphatic heterocycles. The summed E-state index contributed by atoms with van der Waals surface area (Å²) in [5.41, 5.74) is 0.190. The smallest absolute Gasteiger partial charge is 0.314 e. The third-order valence-electron chi connectivity index (χ3n) is 3.56. The third-order valence-corrected chi connectivity index (χ3v) is 3.56. The largest absolute Gasteiger partial charge is 0.492 e. The Labute approximate surface area is 124 Å². The van der Waals surface area contributed by atoms with Gasteiger partial charge in [0.1, 0.15) is 12.4 Å². The van der Waals surface area contributed by atoms with Crippen LogP contribution in [0.15, 0.2) is 24.3 Å². The van der Waals surface area contributed by atoms with Gasteiger partial charge in [0.25, 0.3) is 0 Å². The molecule has 1 amide bonds. The second-order valence-corrected chi connectivity index (χ2v) is 5.81. The second-order valence-electron chi connectivity index (χ2n) is 5.81. The van der Waals surface area contributed by atoms with E-state index >= 15 is 0 Å². The van der Waals surface area contributed by atoms with Gasteiger partial charge in [0.15, 0.2) is 0 Å². The van der Waals surface area contributed by atoms with Gasteiger partial charge in [-0.15, -0.1) is 0 Å². The molecule has 114 valence electrons. The van der Waals surface area contributed by atoms with Crippen LogP contribution in [0.5, 0.6) is 5.75 Å². The number of ether oxygens (including phenoxy) is 2. The van der Waals surface area contributed by atoms with E-state index in [0.29, 0.717) is 12.2 Å². The number of hydrogen-bond acceptors (Lipinski definition) is 4. The summed E-state index contributed by atoms with van der Waals surface area (Å²) < 4.78 is 10.4. The molecule has 0 spiro atoms. The quantitative estimate of drug-likeness (QED) is 0.782. The van der Waals surface area contributed by atoms with E-state index in [4.69, 9.17) is 9.47 Å². The van der Waals surface area contributed by atoms with Gasteiger partial charge >= 0.3 is 5.97 Å². The van der Waals surface area contributed by atoms with E-state index in [-0.39, 0.29) is 18.5 Å². The molecule has 1 heterocycles. The molecule has 0 bridgehead atoms. The first kappa shape index (κ1) is 15.4. The van der Waals surface area contributed by atoms with Gasteiger partial charge in [-0.3, -0.25) is 9.59 Å². The fourth-order valence-corrected chi connectivity index (χ4v) is 2.24. The normalized spacial score (nSPS) is 15.2. The molecule has 0 aliphatic carbocycles. The van der Waals surface area contributed by atoms with E-state index in [9.17, 15) is 9.59 Å². The zero-order valence-corrected chi connectivity index (χ0v) is 12.7. The Kier molecular flexibility index (Phi) is 4.50. The van der Waals surface area contributed by atoms with Crippen LogP contribution in [0.25, 0.3) is 0 Å². The zero-order valence-electron chi connectivity index (χ0n) is 12.7. The van der Waals surface area contributed by atoms with E-state index in [1.54, 1.807) is 18.7 Å². The third kappa shape index (κ3) is 3.54. The Balaban J connectivity index is 1.97. The van der Waals surface area contributed by atoms with Crippen LogP contribution in [0.3, 0.4) is 0 Å². The molecular formula is C16H21NO4. The molecule has 1 aromatic carbocycles. The molecule has 0 aromatic heterocycles. The Morgan fingerprint density at radius 2 is 1.95 bits per heavy atom. The minimum absolute atomic E-state index is 0.162. The minimum atomic E-state index is -0.696. The number of esters is 1. The van der Waals surface area contributed by atoms with Crippen molar-refractivity contribution in [2.24, 2.45) is 5.41 Å². The molecule has 1 aliphatic rings. The number of amides is 1. The molecule has 1 saturated heterocycles. The molecule has 0 N–H and O–H groups in total. The summed E-state index contributed by atoms with van der Waals surface area (Å²) in [7, 11) is 1.37. The first-order chi connectivity index (χ1) is 9.94. The maximum Gasteiger partial charge on any atom is 0.314 e. The van der Waals surface area contributed by atoms with Crippen molar-refractivity contribution in [3.05, 3.63) is 24.3 Å². The van der Waals surface area contributed by atoms with E-state index in [1.165, 1.54) is 7.11 Å². The number of carbonyl (C=O) groups excluding carboxylic acids is 2. The number of carbonyl (C=O) groups is 2. The summed E-state index contributed by atoms with van der Waals surface area (Å²) in [6, 6.07) is 7.36. The van der Waals surface area contributed by atoms with Gasteiger partial charge in [-0.1, -0.05) is 0 Å². The number of methoxy groups -OCH3 is 1. The van der Waals surface area contributed by atoms with Gasteiger partial charge in [-0.25, -0.2) is 0 Å². The first-order valence-corrected chi connectivity index (χ1v) is 7.06. The number of anilines is 1. The lowest BCUT2D eigenvalue weighted by molar-refractivity contribution is -0.152. The van der Waals surface area contributed by atoms with Gasteiger partial charge in [0, 0.05) is 18.7 Å². The molecule has 21 heavy (non-hydrogen) atoms. The number of nitrogens with zero attached hydrogens (tertiary/aromatic N) is 1. The van der Waals surface area contributed by atoms with Crippen molar-refractivity contribution >= 4 is 17.6 Å². The highest BCUT2D eigenvalue weighted by molar-refractivity contribution is 5.95. The second kappa shape index (κ2) is 6.16. The van der Waals surface area contributed by atoms with Gasteiger partial charge in [-0.2, -0.15) is 0 Å². The predicted octanol–water partition coefficient (Wildman–Crippen LogP) is 2.39. The lowest BCUT2D eigenvalue weighted by atomic mass is 9.95. The fourth-order valence-electron chi connectivity index (χ4n) is 2.24. The van der Waals surface area contributed by atoms with Crippen molar-refractivity contribution in [2.75, 3.05) is 25.2 Å². The van der Waals surface area contributed by atoms with Crippen molar-refractivity contribution in [2.45, 2.75) is 26.7 Å². The van der Waals surface area contributed by atoms with E-state index < -0.39 is 5.41 Å². The summed E-state index contributed by atoms with van der Waals surface area (Å²) in [6.07, 6.45) is 1.52. The van der Waals surface area contributed by atoms with Crippen molar-refractivity contribution in [1.82, 2.24) is 0 Å². The van der Waals surface area contributed by atoms with E-state index in [2.05, 4.69) is 0 Å². The summed E-state index contributed by atoms with van der Waals surface area (Å²) in [4.78, 5) is 25.0. The highest BCUT2D eigenvalue weighted by Gasteiger charge is 2.29. The molecule has 1 fully saturated rings. The van der Waals surface area contributed by atoms with Gasteiger partial charge in [0.05, 0.1) is 12.5 Å². The maximum absolute atomic E-state index is 11.7. The maximum atomic E-state index is 11.7. The first-order valence-electron chi connectivity index (χ1n) is 7.06. The van der Waals surface area contributed by atoms with E-state index in [1.807, 2.05) is 24.3 Å². The topological polar surface area (TPSA) is 55.8 Å². The van der Waals surface area contributed by atoms with Crippen molar-refractivity contribution in [3.8, 4) is 5.75 Å². The Hall–Kier alpha value is -2.04. The van der Waals surface area contributed by atoms with Crippen LogP contribution in [0.1, 0.15) is 26.7 Å². The molecule has 1 aromatic rings. The lowest BCUT2D eigenvalue weighted by Crippen LogP contribution is -2.32. The fraction of sp³-hybridized carbons (Fsp3) is 0.500. The molecule has 0 atom stereocenters. The summed E-state index contributed by atoms with van der Waals surface area (Å²) in [6.45, 7) is 4.56. The Morgan fingerprint density at radius 3 is 2.48 bits per heavy atom. The predicted molar refractivity (Wildman–Crippen MR) is 79.3 cm³/mol. The Morgan fingerprint density at radius 1 is 1.29 bits per heavy atom. The summed E-state index contributed by atoms with van der Waals surface area (Å²) in [5.74, 6) is 0.527. The summed E-state index contributed by atoms with van der Waals surface area (Å²) in [5, 5.41) is 0. The van der Waals surface area contributed by atoms with Crippen molar-refractivity contribution < 1.29 is 19.1 Å². The van der Waals surface area contributed by atoms with Crippen molar-refractivity contribution in [1.29, 1.82) is 0 Å². The number of hydrogen-bond donors (Lipinski definition) is 0.